The van der Waals surface area contributed by atoms with Crippen molar-refractivity contribution < 1.29 is 9.59 Å². The lowest BCUT2D eigenvalue weighted by Gasteiger charge is -2.26. The van der Waals surface area contributed by atoms with E-state index in [0.717, 1.165) is 35.2 Å². The number of hydrogen-bond donors (Lipinski definition) is 2. The number of nitrogens with one attached hydrogen (secondary N) is 2. The van der Waals surface area contributed by atoms with E-state index in [1.807, 2.05) is 31.2 Å². The largest absolute Gasteiger partial charge is 0.344 e. The van der Waals surface area contributed by atoms with Crippen LogP contribution in [0.15, 0.2) is 39.9 Å². The van der Waals surface area contributed by atoms with Crippen molar-refractivity contribution in [2.45, 2.75) is 19.4 Å². The summed E-state index contributed by atoms with van der Waals surface area (Å²) >= 11 is 1.41. The number of amides is 2. The van der Waals surface area contributed by atoms with Gasteiger partial charge in [0.25, 0.3) is 5.91 Å². The van der Waals surface area contributed by atoms with Crippen LogP contribution in [0.1, 0.15) is 24.9 Å². The summed E-state index contributed by atoms with van der Waals surface area (Å²) in [4.78, 5) is 31.7. The summed E-state index contributed by atoms with van der Waals surface area (Å²) in [6, 6.07) is 7.27. The molecule has 1 aromatic rings. The predicted octanol–water partition coefficient (Wildman–Crippen LogP) is 1.84. The summed E-state index contributed by atoms with van der Waals surface area (Å²) in [5.41, 5.74) is 2.65. The Balaban J connectivity index is 1.57. The zero-order valence-corrected chi connectivity index (χ0v) is 13.4. The maximum Gasteiger partial charge on any atom is 0.260 e. The van der Waals surface area contributed by atoms with Gasteiger partial charge in [-0.3, -0.25) is 14.6 Å². The quantitative estimate of drug-likeness (QED) is 0.869. The van der Waals surface area contributed by atoms with E-state index in [2.05, 4.69) is 20.5 Å². The number of fused-ring (bicyclic) bond motifs is 2. The molecule has 2 amide bonds. The first-order valence-corrected chi connectivity index (χ1v) is 8.35. The molecule has 118 valence electrons. The molecule has 1 unspecified atom stereocenters. The molecule has 0 saturated heterocycles. The molecule has 3 aliphatic heterocycles. The van der Waals surface area contributed by atoms with Crippen LogP contribution in [0.3, 0.4) is 0 Å². The van der Waals surface area contributed by atoms with E-state index in [9.17, 15) is 9.59 Å². The lowest BCUT2D eigenvalue weighted by Crippen LogP contribution is -2.35. The normalized spacial score (nSPS) is 22.5. The molecule has 0 spiro atoms. The molecule has 23 heavy (non-hydrogen) atoms. The van der Waals surface area contributed by atoms with Crippen molar-refractivity contribution in [1.29, 1.82) is 0 Å². The van der Waals surface area contributed by atoms with Gasteiger partial charge in [-0.15, -0.1) is 0 Å². The second-order valence-corrected chi connectivity index (χ2v) is 6.68. The summed E-state index contributed by atoms with van der Waals surface area (Å²) in [7, 11) is 0. The van der Waals surface area contributed by atoms with E-state index in [4.69, 9.17) is 0 Å². The number of anilines is 1. The van der Waals surface area contributed by atoms with Gasteiger partial charge in [0, 0.05) is 17.9 Å². The zero-order valence-electron chi connectivity index (χ0n) is 12.6. The van der Waals surface area contributed by atoms with Crippen molar-refractivity contribution in [1.82, 2.24) is 10.2 Å². The highest BCUT2D eigenvalue weighted by Gasteiger charge is 2.34. The smallest absolute Gasteiger partial charge is 0.260 e. The topological polar surface area (TPSA) is 73.8 Å². The van der Waals surface area contributed by atoms with Crippen LogP contribution in [0.5, 0.6) is 0 Å². The van der Waals surface area contributed by atoms with Crippen molar-refractivity contribution in [2.75, 3.05) is 18.4 Å². The summed E-state index contributed by atoms with van der Waals surface area (Å²) in [6.45, 7) is 3.56. The Morgan fingerprint density at radius 1 is 1.43 bits per heavy atom. The third-order valence-electron chi connectivity index (χ3n) is 4.24. The number of thioether (sulfide) groups is 1. The van der Waals surface area contributed by atoms with Crippen LogP contribution in [0.2, 0.25) is 0 Å². The predicted molar refractivity (Wildman–Crippen MR) is 89.9 cm³/mol. The molecule has 0 bridgehead atoms. The van der Waals surface area contributed by atoms with Gasteiger partial charge in [-0.05, 0) is 30.3 Å². The molecular weight excluding hydrogens is 312 g/mol. The van der Waals surface area contributed by atoms with Crippen molar-refractivity contribution >= 4 is 34.4 Å². The Morgan fingerprint density at radius 3 is 3.09 bits per heavy atom. The molecule has 3 aliphatic rings. The highest BCUT2D eigenvalue weighted by Crippen LogP contribution is 2.37. The average molecular weight is 328 g/mol. The number of allylic oxidation sites excluding steroid dienone is 1. The average Bonchev–Trinajstić information content (AvgIpc) is 3.10. The first kappa shape index (κ1) is 14.3. The molecule has 1 atom stereocenters. The Labute approximate surface area is 138 Å². The van der Waals surface area contributed by atoms with Crippen LogP contribution in [-0.2, 0) is 9.59 Å². The van der Waals surface area contributed by atoms with Gasteiger partial charge in [-0.1, -0.05) is 18.2 Å². The summed E-state index contributed by atoms with van der Waals surface area (Å²) in [6.07, 6.45) is 0.254. The SMILES string of the molecule is CC1=C(C(=O)NC2CC(=O)Nc3ccccc32)SC2=NCCN21. The lowest BCUT2D eigenvalue weighted by molar-refractivity contribution is -0.119. The monoisotopic (exact) mass is 328 g/mol. The summed E-state index contributed by atoms with van der Waals surface area (Å²) in [5.74, 6) is -0.220. The first-order chi connectivity index (χ1) is 11.1. The van der Waals surface area contributed by atoms with E-state index in [-0.39, 0.29) is 24.3 Å². The molecule has 1 aromatic carbocycles. The fraction of sp³-hybridized carbons (Fsp3) is 0.312. The minimum Gasteiger partial charge on any atom is -0.344 e. The molecule has 7 heteroatoms. The van der Waals surface area contributed by atoms with Gasteiger partial charge in [-0.2, -0.15) is 0 Å². The number of carbonyl (C=O) groups excluding carboxylic acids is 2. The highest BCUT2D eigenvalue weighted by molar-refractivity contribution is 8.18. The van der Waals surface area contributed by atoms with Gasteiger partial charge >= 0.3 is 0 Å². The van der Waals surface area contributed by atoms with Crippen LogP contribution in [0, 0.1) is 0 Å². The molecule has 6 nitrogen and oxygen atoms in total. The van der Waals surface area contributed by atoms with E-state index in [1.165, 1.54) is 11.8 Å². The van der Waals surface area contributed by atoms with Gasteiger partial charge in [0.1, 0.15) is 0 Å². The molecule has 4 rings (SSSR count). The molecule has 0 aliphatic carbocycles. The molecule has 0 aromatic heterocycles. The van der Waals surface area contributed by atoms with Crippen LogP contribution >= 0.6 is 11.8 Å². The Hall–Kier alpha value is -2.28. The number of carbonyl (C=O) groups is 2. The molecule has 3 heterocycles. The van der Waals surface area contributed by atoms with Gasteiger partial charge in [0.05, 0.1) is 23.9 Å². The minimum absolute atomic E-state index is 0.0798. The van der Waals surface area contributed by atoms with Gasteiger partial charge in [0.15, 0.2) is 5.17 Å². The Kier molecular flexibility index (Phi) is 3.37. The van der Waals surface area contributed by atoms with Crippen LogP contribution in [0.4, 0.5) is 5.69 Å². The lowest BCUT2D eigenvalue weighted by atomic mass is 9.97. The maximum atomic E-state index is 12.7. The minimum atomic E-state index is -0.300. The van der Waals surface area contributed by atoms with Crippen LogP contribution < -0.4 is 10.6 Å². The third kappa shape index (κ3) is 2.41. The van der Waals surface area contributed by atoms with Crippen molar-refractivity contribution in [3.63, 3.8) is 0 Å². The fourth-order valence-electron chi connectivity index (χ4n) is 3.09. The maximum absolute atomic E-state index is 12.7. The summed E-state index contributed by atoms with van der Waals surface area (Å²) < 4.78 is 0. The number of nitrogens with zero attached hydrogens (tertiary/aromatic N) is 2. The van der Waals surface area contributed by atoms with Crippen molar-refractivity contribution in [3.05, 3.63) is 40.4 Å². The van der Waals surface area contributed by atoms with E-state index in [0.29, 0.717) is 4.91 Å². The summed E-state index contributed by atoms with van der Waals surface area (Å²) in [5, 5.41) is 6.74. The van der Waals surface area contributed by atoms with Gasteiger partial charge < -0.3 is 15.5 Å². The number of benzene rings is 1. The van der Waals surface area contributed by atoms with Crippen molar-refractivity contribution in [3.8, 4) is 0 Å². The molecule has 0 saturated carbocycles. The number of aliphatic imine (C=N–C) groups is 1. The third-order valence-corrected chi connectivity index (χ3v) is 5.46. The molecule has 2 N–H and O–H groups in total. The molecule has 0 fully saturated rings. The zero-order chi connectivity index (χ0) is 16.0. The van der Waals surface area contributed by atoms with E-state index in [1.54, 1.807) is 0 Å². The fourth-order valence-corrected chi connectivity index (χ4v) is 4.17. The highest BCUT2D eigenvalue weighted by atomic mass is 32.2. The number of para-hydroxylation sites is 1. The number of hydrogen-bond acceptors (Lipinski definition) is 5. The Morgan fingerprint density at radius 2 is 2.26 bits per heavy atom. The second-order valence-electron chi connectivity index (χ2n) is 5.70. The van der Waals surface area contributed by atoms with Crippen molar-refractivity contribution in [2.24, 2.45) is 4.99 Å². The van der Waals surface area contributed by atoms with Gasteiger partial charge in [-0.25, -0.2) is 0 Å². The first-order valence-electron chi connectivity index (χ1n) is 7.54. The number of amidine groups is 1. The Bertz CT molecular complexity index is 771. The molecular formula is C16H16N4O2S. The van der Waals surface area contributed by atoms with Crippen LogP contribution in [-0.4, -0.2) is 35.0 Å². The van der Waals surface area contributed by atoms with Gasteiger partial charge in [0.2, 0.25) is 5.91 Å². The second kappa shape index (κ2) is 5.42. The van der Waals surface area contributed by atoms with E-state index < -0.39 is 0 Å². The van der Waals surface area contributed by atoms with E-state index >= 15 is 0 Å². The molecule has 0 radical (unpaired) electrons. The van der Waals surface area contributed by atoms with Crippen LogP contribution in [0.25, 0.3) is 0 Å². The number of rotatable bonds is 2. The standard InChI is InChI=1S/C16H16N4O2S/c1-9-14(23-16-17-6-7-20(9)16)15(22)19-12-8-13(21)18-11-5-3-2-4-10(11)12/h2-5,12H,6-8H2,1H3,(H,18,21)(H,19,22).